The van der Waals surface area contributed by atoms with Gasteiger partial charge in [0.05, 0.1) is 22.5 Å². The van der Waals surface area contributed by atoms with Crippen LogP contribution in [0.3, 0.4) is 0 Å². The Balaban J connectivity index is 1.55. The number of rotatable bonds is 6. The van der Waals surface area contributed by atoms with E-state index in [9.17, 15) is 19.7 Å². The zero-order chi connectivity index (χ0) is 22.0. The molecular formula is C22H22N2O6S. The summed E-state index contributed by atoms with van der Waals surface area (Å²) in [7, 11) is 1.47. The van der Waals surface area contributed by atoms with Crippen molar-refractivity contribution >= 4 is 34.7 Å². The van der Waals surface area contributed by atoms with Crippen molar-refractivity contribution in [1.29, 1.82) is 0 Å². The summed E-state index contributed by atoms with van der Waals surface area (Å²) in [4.78, 5) is 37.4. The number of non-ortho nitro benzene ring substituents is 1. The van der Waals surface area contributed by atoms with Crippen molar-refractivity contribution in [2.45, 2.75) is 32.1 Å². The van der Waals surface area contributed by atoms with Crippen LogP contribution in [0.2, 0.25) is 0 Å². The monoisotopic (exact) mass is 442 g/mol. The number of carbonyl (C=O) groups excluding carboxylic acids is 2. The molecule has 1 aliphatic heterocycles. The van der Waals surface area contributed by atoms with Crippen molar-refractivity contribution in [3.63, 3.8) is 0 Å². The lowest BCUT2D eigenvalue weighted by Crippen LogP contribution is -2.34. The number of thioether (sulfide) groups is 1. The lowest BCUT2D eigenvalue weighted by atomic mass is 9.89. The SMILES string of the molecule is COc1ccc([N+](=O)[O-])cc1-c1ccc(/C=C2\SC(=O)N(CC3CCCCC3)C2=O)o1. The maximum Gasteiger partial charge on any atom is 0.293 e. The lowest BCUT2D eigenvalue weighted by molar-refractivity contribution is -0.384. The van der Waals surface area contributed by atoms with Crippen LogP contribution in [-0.2, 0) is 4.79 Å². The molecule has 4 rings (SSSR count). The van der Waals surface area contributed by atoms with Crippen LogP contribution in [0.1, 0.15) is 37.9 Å². The molecule has 1 saturated heterocycles. The summed E-state index contributed by atoms with van der Waals surface area (Å²) < 4.78 is 11.1. The molecule has 0 bridgehead atoms. The van der Waals surface area contributed by atoms with Crippen LogP contribution in [0.5, 0.6) is 5.75 Å². The van der Waals surface area contributed by atoms with Gasteiger partial charge in [-0.1, -0.05) is 19.3 Å². The molecule has 31 heavy (non-hydrogen) atoms. The summed E-state index contributed by atoms with van der Waals surface area (Å²) in [6.07, 6.45) is 7.15. The normalized spacial score (nSPS) is 18.7. The van der Waals surface area contributed by atoms with Gasteiger partial charge < -0.3 is 9.15 Å². The van der Waals surface area contributed by atoms with E-state index < -0.39 is 4.92 Å². The first-order chi connectivity index (χ1) is 15.0. The summed E-state index contributed by atoms with van der Waals surface area (Å²) in [5, 5.41) is 10.9. The van der Waals surface area contributed by atoms with Gasteiger partial charge in [0.2, 0.25) is 0 Å². The van der Waals surface area contributed by atoms with Crippen molar-refractivity contribution < 1.29 is 23.7 Å². The van der Waals surface area contributed by atoms with Crippen LogP contribution < -0.4 is 4.74 Å². The Labute approximate surface area is 183 Å². The van der Waals surface area contributed by atoms with E-state index >= 15 is 0 Å². The third-order valence-corrected chi connectivity index (χ3v) is 6.51. The number of amides is 2. The minimum absolute atomic E-state index is 0.0856. The molecule has 2 amide bonds. The van der Waals surface area contributed by atoms with Gasteiger partial charge in [-0.05, 0) is 48.7 Å². The molecule has 0 N–H and O–H groups in total. The van der Waals surface area contributed by atoms with Crippen molar-refractivity contribution in [2.75, 3.05) is 13.7 Å². The molecule has 0 unspecified atom stereocenters. The fraction of sp³-hybridized carbons (Fsp3) is 0.364. The Morgan fingerprint density at radius 1 is 1.23 bits per heavy atom. The second-order valence-electron chi connectivity index (χ2n) is 7.64. The number of carbonyl (C=O) groups is 2. The Kier molecular flexibility index (Phi) is 6.13. The quantitative estimate of drug-likeness (QED) is 0.331. The number of furan rings is 1. The van der Waals surface area contributed by atoms with E-state index in [-0.39, 0.29) is 16.8 Å². The predicted octanol–water partition coefficient (Wildman–Crippen LogP) is 5.48. The molecule has 1 aliphatic carbocycles. The zero-order valence-corrected chi connectivity index (χ0v) is 17.9. The fourth-order valence-corrected chi connectivity index (χ4v) is 4.82. The predicted molar refractivity (Wildman–Crippen MR) is 117 cm³/mol. The molecule has 8 nitrogen and oxygen atoms in total. The number of nitrogens with zero attached hydrogens (tertiary/aromatic N) is 2. The van der Waals surface area contributed by atoms with Gasteiger partial charge in [0, 0.05) is 24.8 Å². The largest absolute Gasteiger partial charge is 0.496 e. The molecule has 9 heteroatoms. The molecule has 1 saturated carbocycles. The highest BCUT2D eigenvalue weighted by molar-refractivity contribution is 8.18. The third kappa shape index (κ3) is 4.51. The smallest absolute Gasteiger partial charge is 0.293 e. The molecule has 2 aromatic rings. The highest BCUT2D eigenvalue weighted by Gasteiger charge is 2.36. The number of hydrogen-bond acceptors (Lipinski definition) is 7. The Morgan fingerprint density at radius 3 is 2.71 bits per heavy atom. The maximum absolute atomic E-state index is 12.8. The van der Waals surface area contributed by atoms with E-state index in [1.54, 1.807) is 18.2 Å². The number of hydrogen-bond donors (Lipinski definition) is 0. The highest BCUT2D eigenvalue weighted by atomic mass is 32.2. The number of ether oxygens (including phenoxy) is 1. The van der Waals surface area contributed by atoms with Crippen molar-refractivity contribution in [2.24, 2.45) is 5.92 Å². The molecular weight excluding hydrogens is 420 g/mol. The first kappa shape index (κ1) is 21.2. The number of nitro benzene ring substituents is 1. The van der Waals surface area contributed by atoms with Crippen LogP contribution >= 0.6 is 11.8 Å². The molecule has 2 aliphatic rings. The Bertz CT molecular complexity index is 1050. The van der Waals surface area contributed by atoms with Crippen LogP contribution in [0.25, 0.3) is 17.4 Å². The van der Waals surface area contributed by atoms with Gasteiger partial charge in [0.25, 0.3) is 16.8 Å². The van der Waals surface area contributed by atoms with E-state index in [1.165, 1.54) is 36.6 Å². The van der Waals surface area contributed by atoms with Crippen LogP contribution in [0, 0.1) is 16.0 Å². The van der Waals surface area contributed by atoms with Crippen molar-refractivity contribution in [3.8, 4) is 17.1 Å². The molecule has 162 valence electrons. The van der Waals surface area contributed by atoms with E-state index in [4.69, 9.17) is 9.15 Å². The molecule has 2 heterocycles. The number of nitro groups is 1. The van der Waals surface area contributed by atoms with Crippen LogP contribution in [0.15, 0.2) is 39.7 Å². The molecule has 2 fully saturated rings. The second-order valence-corrected chi connectivity index (χ2v) is 8.63. The minimum atomic E-state index is -0.491. The Hall–Kier alpha value is -3.07. The zero-order valence-electron chi connectivity index (χ0n) is 17.0. The van der Waals surface area contributed by atoms with Gasteiger partial charge in [-0.3, -0.25) is 24.6 Å². The van der Waals surface area contributed by atoms with E-state index in [2.05, 4.69) is 0 Å². The van der Waals surface area contributed by atoms with Crippen LogP contribution in [0.4, 0.5) is 10.5 Å². The summed E-state index contributed by atoms with van der Waals surface area (Å²) in [5.74, 6) is 1.25. The average molecular weight is 442 g/mol. The minimum Gasteiger partial charge on any atom is -0.496 e. The van der Waals surface area contributed by atoms with E-state index in [1.807, 2.05) is 0 Å². The standard InChI is InChI=1S/C22H22N2O6S/c1-29-18-9-7-15(24(27)28)11-17(18)19-10-8-16(30-19)12-20-21(25)23(22(26)31-20)13-14-5-3-2-4-6-14/h7-12,14H,2-6,13H2,1H3/b20-12-. The van der Waals surface area contributed by atoms with Crippen molar-refractivity contribution in [3.05, 3.63) is 51.1 Å². The molecule has 0 atom stereocenters. The number of benzene rings is 1. The van der Waals surface area contributed by atoms with E-state index in [0.29, 0.717) is 40.2 Å². The lowest BCUT2D eigenvalue weighted by Gasteiger charge is -2.25. The summed E-state index contributed by atoms with van der Waals surface area (Å²) in [6.45, 7) is 0.469. The molecule has 0 radical (unpaired) electrons. The summed E-state index contributed by atoms with van der Waals surface area (Å²) >= 11 is 0.909. The van der Waals surface area contributed by atoms with Gasteiger partial charge >= 0.3 is 0 Å². The Morgan fingerprint density at radius 2 is 2.00 bits per heavy atom. The first-order valence-electron chi connectivity index (χ1n) is 10.1. The maximum atomic E-state index is 12.8. The average Bonchev–Trinajstić information content (AvgIpc) is 3.34. The summed E-state index contributed by atoms with van der Waals surface area (Å²) in [5.41, 5.74) is 0.347. The topological polar surface area (TPSA) is 103 Å². The molecule has 1 aromatic heterocycles. The van der Waals surface area contributed by atoms with Gasteiger partial charge in [-0.25, -0.2) is 0 Å². The second kappa shape index (κ2) is 8.97. The third-order valence-electron chi connectivity index (χ3n) is 5.60. The molecule has 0 spiro atoms. The van der Waals surface area contributed by atoms with Crippen molar-refractivity contribution in [1.82, 2.24) is 4.90 Å². The number of methoxy groups -OCH3 is 1. The van der Waals surface area contributed by atoms with Crippen LogP contribution in [-0.4, -0.2) is 34.6 Å². The number of imide groups is 1. The van der Waals surface area contributed by atoms with E-state index in [0.717, 1.165) is 37.4 Å². The van der Waals surface area contributed by atoms with Gasteiger partial charge in [-0.15, -0.1) is 0 Å². The fourth-order valence-electron chi connectivity index (χ4n) is 3.99. The van der Waals surface area contributed by atoms with Gasteiger partial charge in [0.1, 0.15) is 17.3 Å². The van der Waals surface area contributed by atoms with Gasteiger partial charge in [0.15, 0.2) is 0 Å². The highest BCUT2D eigenvalue weighted by Crippen LogP contribution is 2.37. The summed E-state index contributed by atoms with van der Waals surface area (Å²) in [6, 6.07) is 7.54. The van der Waals surface area contributed by atoms with Gasteiger partial charge in [-0.2, -0.15) is 0 Å². The molecule has 1 aromatic carbocycles. The first-order valence-corrected chi connectivity index (χ1v) is 11.0.